The summed E-state index contributed by atoms with van der Waals surface area (Å²) in [5, 5.41) is 0.460. The van der Waals surface area contributed by atoms with Gasteiger partial charge in [-0.25, -0.2) is 0 Å². The second-order valence-electron chi connectivity index (χ2n) is 4.27. The van der Waals surface area contributed by atoms with Gasteiger partial charge in [0.05, 0.1) is 12.1 Å². The minimum Gasteiger partial charge on any atom is -0.495 e. The fourth-order valence-electron chi connectivity index (χ4n) is 1.62. The van der Waals surface area contributed by atoms with E-state index < -0.39 is 0 Å². The largest absolute Gasteiger partial charge is 0.495 e. The molecule has 0 saturated heterocycles. The Balaban J connectivity index is 2.98. The van der Waals surface area contributed by atoms with Gasteiger partial charge in [-0.1, -0.05) is 18.5 Å². The van der Waals surface area contributed by atoms with E-state index in [0.717, 1.165) is 5.56 Å². The minimum atomic E-state index is 0.0741. The van der Waals surface area contributed by atoms with Crippen molar-refractivity contribution in [3.63, 3.8) is 0 Å². The van der Waals surface area contributed by atoms with Crippen LogP contribution in [0.15, 0.2) is 12.1 Å². The van der Waals surface area contributed by atoms with Crippen molar-refractivity contribution in [2.24, 2.45) is 11.7 Å². The molecule has 0 heterocycles. The first-order chi connectivity index (χ1) is 7.99. The lowest BCUT2D eigenvalue weighted by Gasteiger charge is -2.11. The summed E-state index contributed by atoms with van der Waals surface area (Å²) in [6.07, 6.45) is 0.444. The number of hydrogen-bond acceptors (Lipinski definition) is 3. The molecule has 0 bridgehead atoms. The first-order valence-corrected chi connectivity index (χ1v) is 5.94. The molecule has 4 heteroatoms. The van der Waals surface area contributed by atoms with Crippen LogP contribution in [0, 0.1) is 12.8 Å². The Morgan fingerprint density at radius 2 is 2.18 bits per heavy atom. The molecule has 94 valence electrons. The molecule has 0 aromatic heterocycles. The molecule has 0 radical (unpaired) electrons. The molecule has 0 spiro atoms. The van der Waals surface area contributed by atoms with Crippen molar-refractivity contribution in [1.29, 1.82) is 0 Å². The highest BCUT2D eigenvalue weighted by Gasteiger charge is 2.15. The summed E-state index contributed by atoms with van der Waals surface area (Å²) >= 11 is 6.01. The van der Waals surface area contributed by atoms with Crippen LogP contribution in [0.3, 0.4) is 0 Å². The highest BCUT2D eigenvalue weighted by Crippen LogP contribution is 2.28. The number of benzene rings is 1. The third kappa shape index (κ3) is 3.45. The third-order valence-electron chi connectivity index (χ3n) is 2.74. The van der Waals surface area contributed by atoms with Crippen LogP contribution >= 0.6 is 11.6 Å². The number of aryl methyl sites for hydroxylation is 1. The number of ketones is 1. The van der Waals surface area contributed by atoms with Gasteiger partial charge in [0.1, 0.15) is 5.75 Å². The van der Waals surface area contributed by atoms with Crippen LogP contribution in [0.25, 0.3) is 0 Å². The molecule has 0 aliphatic carbocycles. The molecule has 1 aromatic carbocycles. The molecular weight excluding hydrogens is 238 g/mol. The van der Waals surface area contributed by atoms with Gasteiger partial charge in [0.15, 0.2) is 5.78 Å². The van der Waals surface area contributed by atoms with Crippen LogP contribution < -0.4 is 10.5 Å². The van der Waals surface area contributed by atoms with Crippen molar-refractivity contribution in [3.05, 3.63) is 28.3 Å². The Morgan fingerprint density at radius 1 is 1.53 bits per heavy atom. The summed E-state index contributed by atoms with van der Waals surface area (Å²) in [5.41, 5.74) is 7.04. The summed E-state index contributed by atoms with van der Waals surface area (Å²) in [6.45, 7) is 4.34. The molecule has 2 N–H and O–H groups in total. The number of hydrogen-bond donors (Lipinski definition) is 1. The number of carbonyl (C=O) groups is 1. The summed E-state index contributed by atoms with van der Waals surface area (Å²) in [6, 6.07) is 3.45. The van der Waals surface area contributed by atoms with E-state index in [0.29, 0.717) is 29.3 Å². The van der Waals surface area contributed by atoms with Crippen LogP contribution in [0.4, 0.5) is 0 Å². The highest BCUT2D eigenvalue weighted by atomic mass is 35.5. The number of Topliss-reactive ketones (excluding diaryl/α,β-unsaturated/α-hetero) is 1. The number of methoxy groups -OCH3 is 1. The van der Waals surface area contributed by atoms with Crippen molar-refractivity contribution in [2.75, 3.05) is 13.7 Å². The van der Waals surface area contributed by atoms with E-state index in [4.69, 9.17) is 22.1 Å². The Hall–Kier alpha value is -1.06. The van der Waals surface area contributed by atoms with Gasteiger partial charge in [0.25, 0.3) is 0 Å². The predicted molar refractivity (Wildman–Crippen MR) is 69.9 cm³/mol. The average molecular weight is 256 g/mol. The van der Waals surface area contributed by atoms with E-state index >= 15 is 0 Å². The molecule has 0 aliphatic rings. The summed E-state index contributed by atoms with van der Waals surface area (Å²) < 4.78 is 5.10. The molecule has 1 aromatic rings. The van der Waals surface area contributed by atoms with Gasteiger partial charge in [-0.15, -0.1) is 0 Å². The maximum Gasteiger partial charge on any atom is 0.163 e. The van der Waals surface area contributed by atoms with E-state index in [-0.39, 0.29) is 11.7 Å². The highest BCUT2D eigenvalue weighted by molar-refractivity contribution is 6.32. The molecule has 0 saturated carbocycles. The maximum atomic E-state index is 12.0. The lowest BCUT2D eigenvalue weighted by molar-refractivity contribution is 0.0965. The fourth-order valence-corrected chi connectivity index (χ4v) is 1.86. The van der Waals surface area contributed by atoms with Gasteiger partial charge in [-0.3, -0.25) is 4.79 Å². The smallest absolute Gasteiger partial charge is 0.163 e. The molecule has 1 rings (SSSR count). The topological polar surface area (TPSA) is 52.3 Å². The number of nitrogens with two attached hydrogens (primary N) is 1. The molecular formula is C13H18ClNO2. The normalized spacial score (nSPS) is 12.3. The van der Waals surface area contributed by atoms with Crippen molar-refractivity contribution < 1.29 is 9.53 Å². The number of ether oxygens (including phenoxy) is 1. The summed E-state index contributed by atoms with van der Waals surface area (Å²) in [5.74, 6) is 0.848. The van der Waals surface area contributed by atoms with Gasteiger partial charge in [0.2, 0.25) is 0 Å². The van der Waals surface area contributed by atoms with Gasteiger partial charge >= 0.3 is 0 Å². The zero-order chi connectivity index (χ0) is 13.0. The van der Waals surface area contributed by atoms with Crippen LogP contribution in [0.1, 0.15) is 29.3 Å². The van der Waals surface area contributed by atoms with Crippen molar-refractivity contribution in [3.8, 4) is 5.75 Å². The number of rotatable bonds is 5. The van der Waals surface area contributed by atoms with Crippen molar-refractivity contribution in [2.45, 2.75) is 20.3 Å². The Kier molecular flexibility index (Phi) is 4.97. The second kappa shape index (κ2) is 6.03. The zero-order valence-corrected chi connectivity index (χ0v) is 11.2. The van der Waals surface area contributed by atoms with Crippen LogP contribution in [0.2, 0.25) is 5.02 Å². The monoisotopic (exact) mass is 255 g/mol. The lowest BCUT2D eigenvalue weighted by atomic mass is 9.96. The SMILES string of the molecule is COc1cc(C)c(C(=O)CC(C)CN)cc1Cl. The fraction of sp³-hybridized carbons (Fsp3) is 0.462. The quantitative estimate of drug-likeness (QED) is 0.823. The Bertz CT molecular complexity index is 418. The van der Waals surface area contributed by atoms with Crippen molar-refractivity contribution >= 4 is 17.4 Å². The Labute approximate surface area is 107 Å². The number of carbonyl (C=O) groups excluding carboxylic acids is 1. The van der Waals surface area contributed by atoms with E-state index in [1.165, 1.54) is 0 Å². The number of halogens is 1. The summed E-state index contributed by atoms with van der Waals surface area (Å²) in [7, 11) is 1.55. The predicted octanol–water partition coefficient (Wildman–Crippen LogP) is 2.82. The standard InChI is InChI=1S/C13H18ClNO2/c1-8(7-15)4-12(16)10-6-11(14)13(17-3)5-9(10)2/h5-6,8H,4,7,15H2,1-3H3. The van der Waals surface area contributed by atoms with Crippen molar-refractivity contribution in [1.82, 2.24) is 0 Å². The maximum absolute atomic E-state index is 12.0. The first kappa shape index (κ1) is 14.0. The Morgan fingerprint density at radius 3 is 2.71 bits per heavy atom. The molecule has 0 fully saturated rings. The van der Waals surface area contributed by atoms with Crippen LogP contribution in [0.5, 0.6) is 5.75 Å². The molecule has 0 amide bonds. The van der Waals surface area contributed by atoms with Gasteiger partial charge in [-0.05, 0) is 37.1 Å². The second-order valence-corrected chi connectivity index (χ2v) is 4.68. The van der Waals surface area contributed by atoms with Gasteiger partial charge in [-0.2, -0.15) is 0 Å². The van der Waals surface area contributed by atoms with E-state index in [1.807, 2.05) is 13.8 Å². The van der Waals surface area contributed by atoms with Crippen LogP contribution in [-0.2, 0) is 0 Å². The molecule has 3 nitrogen and oxygen atoms in total. The molecule has 1 atom stereocenters. The van der Waals surface area contributed by atoms with E-state index in [2.05, 4.69) is 0 Å². The average Bonchev–Trinajstić information content (AvgIpc) is 2.31. The third-order valence-corrected chi connectivity index (χ3v) is 3.03. The molecule has 1 unspecified atom stereocenters. The van der Waals surface area contributed by atoms with Gasteiger partial charge < -0.3 is 10.5 Å². The van der Waals surface area contributed by atoms with Gasteiger partial charge in [0, 0.05) is 12.0 Å². The summed E-state index contributed by atoms with van der Waals surface area (Å²) in [4.78, 5) is 12.0. The lowest BCUT2D eigenvalue weighted by Crippen LogP contribution is -2.15. The van der Waals surface area contributed by atoms with E-state index in [1.54, 1.807) is 19.2 Å². The first-order valence-electron chi connectivity index (χ1n) is 5.57. The zero-order valence-electron chi connectivity index (χ0n) is 10.4. The molecule has 0 aliphatic heterocycles. The van der Waals surface area contributed by atoms with E-state index in [9.17, 15) is 4.79 Å². The molecule has 17 heavy (non-hydrogen) atoms. The van der Waals surface area contributed by atoms with Crippen LogP contribution in [-0.4, -0.2) is 19.4 Å². The minimum absolute atomic E-state index is 0.0741.